The average molecular weight is 384 g/mol. The van der Waals surface area contributed by atoms with Gasteiger partial charge in [-0.15, -0.1) is 0 Å². The second kappa shape index (κ2) is 8.40. The zero-order valence-electron chi connectivity index (χ0n) is 15.3. The summed E-state index contributed by atoms with van der Waals surface area (Å²) in [6.07, 6.45) is 1.36. The van der Waals surface area contributed by atoms with Crippen LogP contribution in [0.15, 0.2) is 62.7 Å². The fourth-order valence-corrected chi connectivity index (χ4v) is 2.79. The molecule has 0 aliphatic rings. The minimum atomic E-state index is -0.757. The Balaban J connectivity index is 2.13. The van der Waals surface area contributed by atoms with Crippen LogP contribution in [-0.2, 0) is 17.8 Å². The van der Waals surface area contributed by atoms with E-state index in [1.54, 1.807) is 6.07 Å². The second-order valence-electron chi connectivity index (χ2n) is 5.99. The molecule has 0 atom stereocenters. The number of benzene rings is 1. The van der Waals surface area contributed by atoms with Crippen LogP contribution in [0.3, 0.4) is 0 Å². The third-order valence-electron chi connectivity index (χ3n) is 4.16. The fourth-order valence-electron chi connectivity index (χ4n) is 2.79. The van der Waals surface area contributed by atoms with Crippen molar-refractivity contribution in [3.8, 4) is 0 Å². The number of H-pyrrole nitrogens is 1. The molecule has 1 amide bonds. The number of rotatable bonds is 7. The van der Waals surface area contributed by atoms with E-state index in [0.29, 0.717) is 0 Å². The normalized spacial score (nSPS) is 10.8. The quantitative estimate of drug-likeness (QED) is 0.631. The maximum absolute atomic E-state index is 13.0. The van der Waals surface area contributed by atoms with Gasteiger partial charge in [-0.3, -0.25) is 24.0 Å². The minimum Gasteiger partial charge on any atom is -0.459 e. The Hall–Kier alpha value is -3.59. The van der Waals surface area contributed by atoms with E-state index in [9.17, 15) is 14.4 Å². The van der Waals surface area contributed by atoms with Crippen molar-refractivity contribution in [2.75, 3.05) is 24.4 Å². The van der Waals surface area contributed by atoms with Crippen molar-refractivity contribution in [3.63, 3.8) is 0 Å². The number of carbonyl (C=O) groups excluding carboxylic acids is 1. The van der Waals surface area contributed by atoms with Crippen LogP contribution in [0.25, 0.3) is 0 Å². The van der Waals surface area contributed by atoms with Crippen molar-refractivity contribution in [2.24, 2.45) is 0 Å². The van der Waals surface area contributed by atoms with Crippen LogP contribution in [0.2, 0.25) is 0 Å². The summed E-state index contributed by atoms with van der Waals surface area (Å²) < 4.78 is 11.3. The number of anilines is 2. The first-order chi connectivity index (χ1) is 13.5. The number of aromatic nitrogens is 2. The van der Waals surface area contributed by atoms with Crippen molar-refractivity contribution >= 4 is 17.4 Å². The van der Waals surface area contributed by atoms with E-state index in [4.69, 9.17) is 14.9 Å². The molecule has 0 radical (unpaired) electrons. The first-order valence-corrected chi connectivity index (χ1v) is 8.53. The number of hydrogen-bond acceptors (Lipinski definition) is 6. The van der Waals surface area contributed by atoms with Crippen LogP contribution in [0, 0.1) is 0 Å². The first kappa shape index (κ1) is 19.2. The van der Waals surface area contributed by atoms with Crippen LogP contribution in [0.1, 0.15) is 16.1 Å². The highest BCUT2D eigenvalue weighted by atomic mass is 16.5. The molecule has 0 bridgehead atoms. The highest BCUT2D eigenvalue weighted by molar-refractivity contribution is 6.05. The van der Waals surface area contributed by atoms with Crippen LogP contribution >= 0.6 is 0 Å². The van der Waals surface area contributed by atoms with Gasteiger partial charge in [-0.2, -0.15) is 0 Å². The van der Waals surface area contributed by atoms with Crippen LogP contribution in [-0.4, -0.2) is 29.2 Å². The molecule has 2 aromatic heterocycles. The van der Waals surface area contributed by atoms with Crippen molar-refractivity contribution in [3.05, 3.63) is 80.9 Å². The van der Waals surface area contributed by atoms with Crippen molar-refractivity contribution in [1.82, 2.24) is 9.55 Å². The van der Waals surface area contributed by atoms with Gasteiger partial charge in [0.2, 0.25) is 0 Å². The number of nitrogens with two attached hydrogens (primary N) is 1. The summed E-state index contributed by atoms with van der Waals surface area (Å²) >= 11 is 0. The maximum atomic E-state index is 13.0. The number of furan rings is 1. The van der Waals surface area contributed by atoms with Gasteiger partial charge in [0.1, 0.15) is 5.82 Å². The van der Waals surface area contributed by atoms with Crippen LogP contribution in [0.5, 0.6) is 0 Å². The van der Waals surface area contributed by atoms with Gasteiger partial charge in [-0.05, 0) is 17.7 Å². The smallest absolute Gasteiger partial charge is 0.330 e. The maximum Gasteiger partial charge on any atom is 0.330 e. The molecule has 0 aliphatic carbocycles. The molecule has 0 saturated heterocycles. The van der Waals surface area contributed by atoms with Crippen molar-refractivity contribution in [1.29, 1.82) is 0 Å². The van der Waals surface area contributed by atoms with E-state index in [1.165, 1.54) is 24.3 Å². The molecular weight excluding hydrogens is 364 g/mol. The summed E-state index contributed by atoms with van der Waals surface area (Å²) in [6, 6.07) is 12.2. The van der Waals surface area contributed by atoms with Crippen molar-refractivity contribution < 1.29 is 13.9 Å². The highest BCUT2D eigenvalue weighted by Crippen LogP contribution is 2.22. The molecule has 9 heteroatoms. The number of amides is 1. The Morgan fingerprint density at radius 2 is 1.96 bits per heavy atom. The van der Waals surface area contributed by atoms with Gasteiger partial charge in [-0.1, -0.05) is 30.3 Å². The van der Waals surface area contributed by atoms with E-state index in [2.05, 4.69) is 4.98 Å². The molecule has 0 unspecified atom stereocenters. The summed E-state index contributed by atoms with van der Waals surface area (Å²) in [5.41, 5.74) is 5.35. The largest absolute Gasteiger partial charge is 0.459 e. The predicted octanol–water partition coefficient (Wildman–Crippen LogP) is 1.21. The molecule has 3 aromatic rings. The number of nitrogens with one attached hydrogen (secondary N) is 1. The molecule has 3 rings (SSSR count). The Morgan fingerprint density at radius 1 is 1.21 bits per heavy atom. The molecule has 9 nitrogen and oxygen atoms in total. The van der Waals surface area contributed by atoms with Gasteiger partial charge in [0.25, 0.3) is 11.5 Å². The molecule has 3 N–H and O–H groups in total. The average Bonchev–Trinajstić information content (AvgIpc) is 3.22. The SMILES string of the molecule is COCCn1c(N)c(N(Cc2ccccc2)C(=O)c2ccco2)c(=O)[nH]c1=O. The van der Waals surface area contributed by atoms with E-state index < -0.39 is 17.2 Å². The fraction of sp³-hybridized carbons (Fsp3) is 0.211. The van der Waals surface area contributed by atoms with Gasteiger partial charge in [-0.25, -0.2) is 4.79 Å². The molecule has 28 heavy (non-hydrogen) atoms. The molecule has 0 saturated carbocycles. The third-order valence-corrected chi connectivity index (χ3v) is 4.16. The first-order valence-electron chi connectivity index (χ1n) is 8.53. The summed E-state index contributed by atoms with van der Waals surface area (Å²) in [7, 11) is 1.48. The number of hydrogen-bond donors (Lipinski definition) is 2. The minimum absolute atomic E-state index is 0.0457. The molecule has 0 aliphatic heterocycles. The number of nitrogens with zero attached hydrogens (tertiary/aromatic N) is 2. The molecule has 146 valence electrons. The molecule has 2 heterocycles. The Morgan fingerprint density at radius 3 is 2.61 bits per heavy atom. The number of ether oxygens (including phenoxy) is 1. The molecule has 0 fully saturated rings. The van der Waals surface area contributed by atoms with Crippen LogP contribution < -0.4 is 21.9 Å². The monoisotopic (exact) mass is 384 g/mol. The lowest BCUT2D eigenvalue weighted by molar-refractivity contribution is 0.0958. The van der Waals surface area contributed by atoms with Gasteiger partial charge < -0.3 is 14.9 Å². The molecular formula is C19H20N4O5. The van der Waals surface area contributed by atoms with E-state index in [-0.39, 0.29) is 37.0 Å². The summed E-state index contributed by atoms with van der Waals surface area (Å²) in [4.78, 5) is 41.2. The Kier molecular flexibility index (Phi) is 5.75. The second-order valence-corrected chi connectivity index (χ2v) is 5.99. The highest BCUT2D eigenvalue weighted by Gasteiger charge is 2.27. The van der Waals surface area contributed by atoms with E-state index >= 15 is 0 Å². The van der Waals surface area contributed by atoms with Crippen LogP contribution in [0.4, 0.5) is 11.5 Å². The van der Waals surface area contributed by atoms with E-state index in [1.807, 2.05) is 30.3 Å². The lowest BCUT2D eigenvalue weighted by Crippen LogP contribution is -2.41. The number of aromatic amines is 1. The van der Waals surface area contributed by atoms with Gasteiger partial charge in [0.15, 0.2) is 11.4 Å². The van der Waals surface area contributed by atoms with Gasteiger partial charge in [0, 0.05) is 7.11 Å². The number of methoxy groups -OCH3 is 1. The third kappa shape index (κ3) is 3.89. The van der Waals surface area contributed by atoms with Gasteiger partial charge >= 0.3 is 5.69 Å². The molecule has 1 aromatic carbocycles. The molecule has 0 spiro atoms. The zero-order chi connectivity index (χ0) is 20.1. The van der Waals surface area contributed by atoms with Crippen molar-refractivity contribution in [2.45, 2.75) is 13.1 Å². The number of carbonyl (C=O) groups is 1. The topological polar surface area (TPSA) is 124 Å². The Labute approximate surface area is 160 Å². The van der Waals surface area contributed by atoms with E-state index in [0.717, 1.165) is 10.1 Å². The Bertz CT molecular complexity index is 1050. The standard InChI is InChI=1S/C19H20N4O5/c1-27-11-9-22-16(20)15(17(24)21-19(22)26)23(12-13-6-3-2-4-7-13)18(25)14-8-5-10-28-14/h2-8,10H,9,11-12,20H2,1H3,(H,21,24,26). The summed E-state index contributed by atoms with van der Waals surface area (Å²) in [5.74, 6) is -0.631. The number of nitrogen functional groups attached to an aromatic ring is 1. The zero-order valence-corrected chi connectivity index (χ0v) is 15.3. The lowest BCUT2D eigenvalue weighted by Gasteiger charge is -2.23. The lowest BCUT2D eigenvalue weighted by atomic mass is 10.2. The summed E-state index contributed by atoms with van der Waals surface area (Å²) in [5, 5.41) is 0. The predicted molar refractivity (Wildman–Crippen MR) is 103 cm³/mol. The summed E-state index contributed by atoms with van der Waals surface area (Å²) in [6.45, 7) is 0.398. The van der Waals surface area contributed by atoms with Gasteiger partial charge in [0.05, 0.1) is 26.0 Å².